The molecule has 0 saturated heterocycles. The number of methoxy groups -OCH3 is 1. The molecule has 2 rings (SSSR count). The molecule has 1 atom stereocenters. The Labute approximate surface area is 223 Å². The maximum Gasteiger partial charge on any atom is 0.102 e. The molecule has 0 spiro atoms. The van der Waals surface area contributed by atoms with Gasteiger partial charge in [0.15, 0.2) is 0 Å². The molecule has 0 N–H and O–H groups in total. The summed E-state index contributed by atoms with van der Waals surface area (Å²) in [6.07, 6.45) is 12.3. The van der Waals surface area contributed by atoms with Crippen LogP contribution in [0.5, 0.6) is 0 Å². The van der Waals surface area contributed by atoms with Gasteiger partial charge in [-0.1, -0.05) is 87.3 Å². The fourth-order valence-electron chi connectivity index (χ4n) is 4.24. The number of anilines is 2. The van der Waals surface area contributed by atoms with Crippen LogP contribution in [0.25, 0.3) is 6.08 Å². The number of rotatable bonds is 15. The molecule has 35 heavy (non-hydrogen) atoms. The van der Waals surface area contributed by atoms with Crippen LogP contribution < -0.4 is 9.80 Å². The van der Waals surface area contributed by atoms with Gasteiger partial charge in [0.1, 0.15) is 6.10 Å². The van der Waals surface area contributed by atoms with E-state index in [4.69, 9.17) is 27.9 Å². The molecule has 0 saturated carbocycles. The van der Waals surface area contributed by atoms with Gasteiger partial charge in [-0.3, -0.25) is 0 Å². The van der Waals surface area contributed by atoms with Gasteiger partial charge in [-0.05, 0) is 55.5 Å². The second-order valence-corrected chi connectivity index (χ2v) is 9.60. The van der Waals surface area contributed by atoms with Crippen LogP contribution in [0.15, 0.2) is 54.6 Å². The van der Waals surface area contributed by atoms with Gasteiger partial charge < -0.3 is 14.5 Å². The maximum atomic E-state index is 6.68. The molecule has 3 nitrogen and oxygen atoms in total. The summed E-state index contributed by atoms with van der Waals surface area (Å²) < 4.78 is 5.73. The molecule has 0 bridgehead atoms. The first-order chi connectivity index (χ1) is 17.0. The number of allylic oxidation sites excluding steroid dienone is 2. The van der Waals surface area contributed by atoms with E-state index in [0.29, 0.717) is 0 Å². The lowest BCUT2D eigenvalue weighted by atomic mass is 10.1. The maximum absolute atomic E-state index is 6.68. The lowest BCUT2D eigenvalue weighted by molar-refractivity contribution is 0.143. The van der Waals surface area contributed by atoms with E-state index in [9.17, 15) is 0 Å². The van der Waals surface area contributed by atoms with Gasteiger partial charge in [-0.15, -0.1) is 0 Å². The quantitative estimate of drug-likeness (QED) is 0.219. The smallest absolute Gasteiger partial charge is 0.102 e. The van der Waals surface area contributed by atoms with Crippen molar-refractivity contribution in [3.63, 3.8) is 0 Å². The lowest BCUT2D eigenvalue weighted by Gasteiger charge is -2.25. The highest BCUT2D eigenvalue weighted by atomic mass is 35.5. The predicted octanol–water partition coefficient (Wildman–Crippen LogP) is 9.20. The Balaban J connectivity index is 2.12. The zero-order valence-electron chi connectivity index (χ0n) is 22.1. The molecule has 0 aliphatic rings. The van der Waals surface area contributed by atoms with Gasteiger partial charge in [0, 0.05) is 60.3 Å². The summed E-state index contributed by atoms with van der Waals surface area (Å²) in [4.78, 5) is 4.77. The van der Waals surface area contributed by atoms with Crippen LogP contribution in [0.2, 0.25) is 10.0 Å². The number of benzene rings is 2. The van der Waals surface area contributed by atoms with E-state index in [2.05, 4.69) is 73.9 Å². The van der Waals surface area contributed by atoms with Crippen LogP contribution in [0, 0.1) is 0 Å². The summed E-state index contributed by atoms with van der Waals surface area (Å²) in [6, 6.07) is 12.6. The summed E-state index contributed by atoms with van der Waals surface area (Å²) in [5, 5.41) is 1.48. The first-order valence-corrected chi connectivity index (χ1v) is 13.7. The van der Waals surface area contributed by atoms with Crippen molar-refractivity contribution in [1.82, 2.24) is 0 Å². The number of nitrogens with zero attached hydrogens (tertiary/aromatic N) is 2. The molecule has 0 radical (unpaired) electrons. The van der Waals surface area contributed by atoms with Gasteiger partial charge in [-0.2, -0.15) is 0 Å². The van der Waals surface area contributed by atoms with E-state index in [1.54, 1.807) is 7.11 Å². The largest absolute Gasteiger partial charge is 0.373 e. The van der Waals surface area contributed by atoms with Crippen LogP contribution in [0.4, 0.5) is 11.4 Å². The number of hydrogen-bond acceptors (Lipinski definition) is 3. The topological polar surface area (TPSA) is 15.7 Å². The van der Waals surface area contributed by atoms with Gasteiger partial charge >= 0.3 is 0 Å². The van der Waals surface area contributed by atoms with E-state index in [0.717, 1.165) is 78.7 Å². The fourth-order valence-corrected chi connectivity index (χ4v) is 4.76. The van der Waals surface area contributed by atoms with Crippen LogP contribution in [0.1, 0.15) is 70.6 Å². The number of halogens is 2. The average molecular weight is 518 g/mol. The molecule has 5 heteroatoms. The summed E-state index contributed by atoms with van der Waals surface area (Å²) in [7, 11) is 1.71. The highest BCUT2D eigenvalue weighted by molar-refractivity contribution is 6.32. The van der Waals surface area contributed by atoms with Crippen molar-refractivity contribution in [2.45, 2.75) is 59.5 Å². The van der Waals surface area contributed by atoms with Gasteiger partial charge in [0.2, 0.25) is 0 Å². The zero-order chi connectivity index (χ0) is 25.6. The second kappa shape index (κ2) is 15.9. The SMILES string of the molecule is CCCN(CCC)c1ccc(/C=C/C=C/C(OC)c2ccc(N(CCC)CCC)cc2Cl)c(Cl)c1. The van der Waals surface area contributed by atoms with E-state index in [-0.39, 0.29) is 6.10 Å². The highest BCUT2D eigenvalue weighted by Crippen LogP contribution is 2.31. The first kappa shape index (κ1) is 29.3. The molecule has 0 heterocycles. The van der Waals surface area contributed by atoms with Crippen LogP contribution >= 0.6 is 23.2 Å². The summed E-state index contributed by atoms with van der Waals surface area (Å²) in [6.45, 7) is 13.0. The van der Waals surface area contributed by atoms with Crippen molar-refractivity contribution in [1.29, 1.82) is 0 Å². The molecule has 0 aliphatic carbocycles. The van der Waals surface area contributed by atoms with E-state index >= 15 is 0 Å². The predicted molar refractivity (Wildman–Crippen MR) is 156 cm³/mol. The summed E-state index contributed by atoms with van der Waals surface area (Å²) in [5.74, 6) is 0. The Morgan fingerprint density at radius 3 is 1.71 bits per heavy atom. The monoisotopic (exact) mass is 516 g/mol. The average Bonchev–Trinajstić information content (AvgIpc) is 2.85. The van der Waals surface area contributed by atoms with E-state index in [1.165, 1.54) is 5.69 Å². The van der Waals surface area contributed by atoms with Crippen molar-refractivity contribution in [3.8, 4) is 0 Å². The zero-order valence-corrected chi connectivity index (χ0v) is 23.6. The third-order valence-electron chi connectivity index (χ3n) is 5.91. The van der Waals surface area contributed by atoms with Crippen molar-refractivity contribution in [2.24, 2.45) is 0 Å². The lowest BCUT2D eigenvalue weighted by Crippen LogP contribution is -2.24. The van der Waals surface area contributed by atoms with Crippen molar-refractivity contribution < 1.29 is 4.74 Å². The van der Waals surface area contributed by atoms with Gasteiger partial charge in [-0.25, -0.2) is 0 Å². The molecule has 2 aromatic rings. The minimum atomic E-state index is -0.221. The first-order valence-electron chi connectivity index (χ1n) is 12.9. The highest BCUT2D eigenvalue weighted by Gasteiger charge is 2.14. The van der Waals surface area contributed by atoms with Gasteiger partial charge in [0.25, 0.3) is 0 Å². The third kappa shape index (κ3) is 8.90. The Bertz CT molecular complexity index is 945. The van der Waals surface area contributed by atoms with E-state index < -0.39 is 0 Å². The minimum Gasteiger partial charge on any atom is -0.373 e. The van der Waals surface area contributed by atoms with Gasteiger partial charge in [0.05, 0.1) is 0 Å². The Hall–Kier alpha value is -1.94. The van der Waals surface area contributed by atoms with Crippen molar-refractivity contribution in [3.05, 3.63) is 75.8 Å². The molecule has 2 aromatic carbocycles. The Morgan fingerprint density at radius 2 is 1.26 bits per heavy atom. The number of ether oxygens (including phenoxy) is 1. The molecular formula is C30H42Cl2N2O. The molecule has 192 valence electrons. The summed E-state index contributed by atoms with van der Waals surface area (Å²) in [5.41, 5.74) is 4.30. The summed E-state index contributed by atoms with van der Waals surface area (Å²) >= 11 is 13.3. The molecule has 0 amide bonds. The van der Waals surface area contributed by atoms with Crippen LogP contribution in [-0.2, 0) is 4.74 Å². The molecule has 1 unspecified atom stereocenters. The van der Waals surface area contributed by atoms with E-state index in [1.807, 2.05) is 24.3 Å². The fraction of sp³-hybridized carbons (Fsp3) is 0.467. The molecular weight excluding hydrogens is 475 g/mol. The van der Waals surface area contributed by atoms with Crippen molar-refractivity contribution >= 4 is 40.7 Å². The Kier molecular flexibility index (Phi) is 13.3. The molecule has 0 fully saturated rings. The normalized spacial score (nSPS) is 12.5. The van der Waals surface area contributed by atoms with Crippen LogP contribution in [0.3, 0.4) is 0 Å². The molecule has 0 aliphatic heterocycles. The Morgan fingerprint density at radius 1 is 0.743 bits per heavy atom. The standard InChI is InChI=1S/C30H42Cl2N2O/c1-6-18-33(19-7-2)25-15-14-24(28(31)22-25)12-10-11-13-30(35-5)27-17-16-26(23-29(27)32)34(20-8-3)21-9-4/h10-17,22-23,30H,6-9,18-21H2,1-5H3/b12-10+,13-11+. The third-order valence-corrected chi connectivity index (χ3v) is 6.56. The van der Waals surface area contributed by atoms with Crippen LogP contribution in [-0.4, -0.2) is 33.3 Å². The minimum absolute atomic E-state index is 0.221. The number of hydrogen-bond donors (Lipinski definition) is 0. The van der Waals surface area contributed by atoms with Crippen molar-refractivity contribution in [2.75, 3.05) is 43.1 Å². The molecule has 0 aromatic heterocycles. The second-order valence-electron chi connectivity index (χ2n) is 8.79.